The van der Waals surface area contributed by atoms with E-state index in [0.29, 0.717) is 17.5 Å². The zero-order valence-corrected chi connectivity index (χ0v) is 14.2. The summed E-state index contributed by atoms with van der Waals surface area (Å²) in [5, 5.41) is 7.57. The Morgan fingerprint density at radius 1 is 0.815 bits per heavy atom. The van der Waals surface area contributed by atoms with Gasteiger partial charge in [-0.3, -0.25) is 4.98 Å². The van der Waals surface area contributed by atoms with Crippen molar-refractivity contribution in [1.82, 2.24) is 15.0 Å². The van der Waals surface area contributed by atoms with Crippen LogP contribution < -0.4 is 20.1 Å². The highest BCUT2D eigenvalue weighted by Gasteiger charge is 2.13. The summed E-state index contributed by atoms with van der Waals surface area (Å²) >= 11 is 0. The van der Waals surface area contributed by atoms with E-state index < -0.39 is 0 Å². The molecule has 1 aliphatic heterocycles. The van der Waals surface area contributed by atoms with Crippen molar-refractivity contribution >= 4 is 34.0 Å². The number of nitrogens with one attached hydrogen (secondary N) is 2. The fourth-order valence-corrected chi connectivity index (χ4v) is 2.93. The van der Waals surface area contributed by atoms with E-state index >= 15 is 0 Å². The summed E-state index contributed by atoms with van der Waals surface area (Å²) in [6.07, 6.45) is 3.48. The highest BCUT2D eigenvalue weighted by molar-refractivity contribution is 5.91. The molecule has 0 spiro atoms. The maximum Gasteiger partial charge on any atom is 0.231 e. The van der Waals surface area contributed by atoms with Gasteiger partial charge in [-0.05, 0) is 30.3 Å². The van der Waals surface area contributed by atoms with Gasteiger partial charge < -0.3 is 20.1 Å². The van der Waals surface area contributed by atoms with Crippen molar-refractivity contribution in [2.24, 2.45) is 0 Å². The van der Waals surface area contributed by atoms with Gasteiger partial charge in [0, 0.05) is 29.5 Å². The SMILES string of the molecule is c1cnc2c(Nc3ccnc(Nc4ccc5c(c4)OCO5)n3)cccc2c1. The standard InChI is InChI=1S/C20H15N5O2/c1-3-13-4-2-9-21-19(13)15(5-1)24-18-8-10-22-20(25-18)23-14-6-7-16-17(11-14)27-12-26-16/h1-11H,12H2,(H2,22,23,24,25). The van der Waals surface area contributed by atoms with E-state index in [0.717, 1.165) is 28.0 Å². The van der Waals surface area contributed by atoms with Gasteiger partial charge in [0.2, 0.25) is 12.7 Å². The van der Waals surface area contributed by atoms with Crippen LogP contribution in [0.1, 0.15) is 0 Å². The Balaban J connectivity index is 1.40. The first kappa shape index (κ1) is 15.4. The molecule has 0 saturated heterocycles. The summed E-state index contributed by atoms with van der Waals surface area (Å²) in [6.45, 7) is 0.244. The van der Waals surface area contributed by atoms with Gasteiger partial charge in [-0.2, -0.15) is 4.98 Å². The largest absolute Gasteiger partial charge is 0.454 e. The highest BCUT2D eigenvalue weighted by Crippen LogP contribution is 2.34. The summed E-state index contributed by atoms with van der Waals surface area (Å²) in [7, 11) is 0. The van der Waals surface area contributed by atoms with Crippen LogP contribution in [0.5, 0.6) is 11.5 Å². The van der Waals surface area contributed by atoms with Crippen LogP contribution in [0.3, 0.4) is 0 Å². The van der Waals surface area contributed by atoms with Gasteiger partial charge in [0.1, 0.15) is 5.82 Å². The molecule has 0 fully saturated rings. The van der Waals surface area contributed by atoms with Crippen LogP contribution in [0.4, 0.5) is 23.1 Å². The third-order valence-electron chi connectivity index (χ3n) is 4.18. The Labute approximate surface area is 155 Å². The van der Waals surface area contributed by atoms with Gasteiger partial charge in [-0.25, -0.2) is 4.98 Å². The molecule has 0 bridgehead atoms. The van der Waals surface area contributed by atoms with Crippen LogP contribution in [0.15, 0.2) is 67.0 Å². The smallest absolute Gasteiger partial charge is 0.231 e. The lowest BCUT2D eigenvalue weighted by molar-refractivity contribution is 0.174. The minimum absolute atomic E-state index is 0.244. The first-order valence-corrected chi connectivity index (χ1v) is 8.46. The molecule has 4 aromatic rings. The Morgan fingerprint density at radius 3 is 2.74 bits per heavy atom. The quantitative estimate of drug-likeness (QED) is 0.565. The van der Waals surface area contributed by atoms with Crippen molar-refractivity contribution in [1.29, 1.82) is 0 Å². The number of pyridine rings is 1. The number of fused-ring (bicyclic) bond motifs is 2. The number of hydrogen-bond acceptors (Lipinski definition) is 7. The van der Waals surface area contributed by atoms with E-state index in [2.05, 4.69) is 25.6 Å². The van der Waals surface area contributed by atoms with Crippen LogP contribution >= 0.6 is 0 Å². The van der Waals surface area contributed by atoms with E-state index in [4.69, 9.17) is 9.47 Å². The van der Waals surface area contributed by atoms with E-state index in [1.165, 1.54) is 0 Å². The summed E-state index contributed by atoms with van der Waals surface area (Å²) in [5.41, 5.74) is 2.60. The Morgan fingerprint density at radius 2 is 1.74 bits per heavy atom. The molecule has 0 amide bonds. The first-order valence-electron chi connectivity index (χ1n) is 8.46. The Bertz CT molecular complexity index is 1130. The lowest BCUT2D eigenvalue weighted by atomic mass is 10.2. The number of para-hydroxylation sites is 1. The molecule has 5 rings (SSSR count). The number of anilines is 4. The molecule has 1 aliphatic rings. The van der Waals surface area contributed by atoms with E-state index in [1.54, 1.807) is 12.4 Å². The van der Waals surface area contributed by atoms with Crippen molar-refractivity contribution in [3.63, 3.8) is 0 Å². The fraction of sp³-hybridized carbons (Fsp3) is 0.0500. The first-order chi connectivity index (χ1) is 13.3. The molecule has 0 aliphatic carbocycles. The molecule has 27 heavy (non-hydrogen) atoms. The second kappa shape index (κ2) is 6.45. The number of hydrogen-bond donors (Lipinski definition) is 2. The van der Waals surface area contributed by atoms with E-state index in [9.17, 15) is 0 Å². The van der Waals surface area contributed by atoms with Crippen LogP contribution in [0.25, 0.3) is 10.9 Å². The number of benzene rings is 2. The molecule has 0 atom stereocenters. The monoisotopic (exact) mass is 357 g/mol. The zero-order chi connectivity index (χ0) is 18.1. The van der Waals surface area contributed by atoms with Gasteiger partial charge >= 0.3 is 0 Å². The molecule has 0 radical (unpaired) electrons. The second-order valence-electron chi connectivity index (χ2n) is 5.96. The van der Waals surface area contributed by atoms with Crippen molar-refractivity contribution in [2.75, 3.05) is 17.4 Å². The summed E-state index contributed by atoms with van der Waals surface area (Å²) < 4.78 is 10.7. The third kappa shape index (κ3) is 3.06. The van der Waals surface area contributed by atoms with E-state index in [-0.39, 0.29) is 6.79 Å². The van der Waals surface area contributed by atoms with Crippen molar-refractivity contribution < 1.29 is 9.47 Å². The summed E-state index contributed by atoms with van der Waals surface area (Å²) in [5.74, 6) is 2.59. The highest BCUT2D eigenvalue weighted by atomic mass is 16.7. The second-order valence-corrected chi connectivity index (χ2v) is 5.96. The zero-order valence-electron chi connectivity index (χ0n) is 14.2. The minimum Gasteiger partial charge on any atom is -0.454 e. The molecule has 0 saturated carbocycles. The molecule has 7 nitrogen and oxygen atoms in total. The van der Waals surface area contributed by atoms with Gasteiger partial charge in [0.05, 0.1) is 11.2 Å². The Hall–Kier alpha value is -3.87. The van der Waals surface area contributed by atoms with Crippen molar-refractivity contribution in [3.8, 4) is 11.5 Å². The van der Waals surface area contributed by atoms with Crippen molar-refractivity contribution in [3.05, 3.63) is 67.0 Å². The maximum absolute atomic E-state index is 5.40. The lowest BCUT2D eigenvalue weighted by Gasteiger charge is -2.10. The molecular weight excluding hydrogens is 342 g/mol. The normalized spacial score (nSPS) is 12.1. The topological polar surface area (TPSA) is 81.2 Å². The molecule has 7 heteroatoms. The molecular formula is C20H15N5O2. The predicted octanol–water partition coefficient (Wildman–Crippen LogP) is 4.24. The number of aromatic nitrogens is 3. The predicted molar refractivity (Wildman–Crippen MR) is 103 cm³/mol. The van der Waals surface area contributed by atoms with Gasteiger partial charge in [-0.15, -0.1) is 0 Å². The van der Waals surface area contributed by atoms with Crippen molar-refractivity contribution in [2.45, 2.75) is 0 Å². The molecule has 2 N–H and O–H groups in total. The van der Waals surface area contributed by atoms with Crippen LogP contribution in [0.2, 0.25) is 0 Å². The summed E-state index contributed by atoms with van der Waals surface area (Å²) in [4.78, 5) is 13.3. The van der Waals surface area contributed by atoms with Crippen LogP contribution in [-0.4, -0.2) is 21.7 Å². The van der Waals surface area contributed by atoms with Gasteiger partial charge in [-0.1, -0.05) is 18.2 Å². The van der Waals surface area contributed by atoms with Crippen LogP contribution in [0, 0.1) is 0 Å². The van der Waals surface area contributed by atoms with E-state index in [1.807, 2.05) is 54.6 Å². The molecule has 2 aromatic carbocycles. The summed E-state index contributed by atoms with van der Waals surface area (Å²) in [6, 6.07) is 17.4. The Kier molecular flexibility index (Phi) is 3.68. The number of nitrogens with zero attached hydrogens (tertiary/aromatic N) is 3. The van der Waals surface area contributed by atoms with Gasteiger partial charge in [0.15, 0.2) is 11.5 Å². The molecule has 3 heterocycles. The fourth-order valence-electron chi connectivity index (χ4n) is 2.93. The lowest BCUT2D eigenvalue weighted by Crippen LogP contribution is -2.01. The third-order valence-corrected chi connectivity index (χ3v) is 4.18. The minimum atomic E-state index is 0.244. The number of rotatable bonds is 4. The average molecular weight is 357 g/mol. The number of ether oxygens (including phenoxy) is 2. The molecule has 132 valence electrons. The van der Waals surface area contributed by atoms with Gasteiger partial charge in [0.25, 0.3) is 0 Å². The maximum atomic E-state index is 5.40. The molecule has 2 aromatic heterocycles. The molecule has 0 unspecified atom stereocenters. The van der Waals surface area contributed by atoms with Crippen LogP contribution in [-0.2, 0) is 0 Å². The average Bonchev–Trinajstić information content (AvgIpc) is 3.16.